The first kappa shape index (κ1) is 27.6. The van der Waals surface area contributed by atoms with Crippen molar-refractivity contribution in [2.45, 2.75) is 57.5 Å². The maximum atomic E-state index is 15.5. The summed E-state index contributed by atoms with van der Waals surface area (Å²) in [4.78, 5) is 38.0. The first-order valence-corrected chi connectivity index (χ1v) is 11.7. The highest BCUT2D eigenvalue weighted by Crippen LogP contribution is 2.44. The Balaban J connectivity index is 0.00000361. The SMILES string of the molecule is COc1c(N2CCC/C(=C(\F)CCC(=O)[C@H](C)N)C2)c(F)cc2c(=O)c(C(=O)O)cn(C3CC3)c12.Cl. The number of pyridine rings is 1. The minimum Gasteiger partial charge on any atom is -0.492 e. The Bertz CT molecular complexity index is 1290. The lowest BCUT2D eigenvalue weighted by atomic mass is 9.99. The minimum absolute atomic E-state index is 0. The molecule has 1 saturated heterocycles. The molecule has 3 N–H and O–H groups in total. The molecule has 8 nitrogen and oxygen atoms in total. The molecular formula is C25H30ClF2N3O5. The summed E-state index contributed by atoms with van der Waals surface area (Å²) in [5.74, 6) is -2.63. The van der Waals surface area contributed by atoms with Gasteiger partial charge < -0.3 is 25.0 Å². The first-order chi connectivity index (χ1) is 16.6. The number of nitrogens with two attached hydrogens (primary N) is 1. The molecule has 0 unspecified atom stereocenters. The van der Waals surface area contributed by atoms with E-state index in [9.17, 15) is 23.9 Å². The van der Waals surface area contributed by atoms with Gasteiger partial charge in [-0.05, 0) is 44.2 Å². The van der Waals surface area contributed by atoms with Gasteiger partial charge in [0.15, 0.2) is 11.6 Å². The number of Topliss-reactive ketones (excluding diaryl/α,β-unsaturated/α-hetero) is 1. The van der Waals surface area contributed by atoms with E-state index in [4.69, 9.17) is 10.5 Å². The summed E-state index contributed by atoms with van der Waals surface area (Å²) in [5, 5.41) is 9.41. The van der Waals surface area contributed by atoms with Gasteiger partial charge in [0.2, 0.25) is 5.43 Å². The molecular weight excluding hydrogens is 496 g/mol. The van der Waals surface area contributed by atoms with E-state index in [2.05, 4.69) is 0 Å². The number of halogens is 3. The number of hydrogen-bond donors (Lipinski definition) is 2. The highest BCUT2D eigenvalue weighted by atomic mass is 35.5. The lowest BCUT2D eigenvalue weighted by molar-refractivity contribution is -0.119. The van der Waals surface area contributed by atoms with Crippen LogP contribution in [0.25, 0.3) is 10.9 Å². The van der Waals surface area contributed by atoms with Crippen LogP contribution in [0, 0.1) is 5.82 Å². The summed E-state index contributed by atoms with van der Waals surface area (Å²) in [7, 11) is 1.37. The molecule has 1 aromatic carbocycles. The molecule has 0 spiro atoms. The molecule has 2 aromatic rings. The predicted molar refractivity (Wildman–Crippen MR) is 135 cm³/mol. The molecule has 0 bridgehead atoms. The fraction of sp³-hybridized carbons (Fsp3) is 0.480. The van der Waals surface area contributed by atoms with Gasteiger partial charge in [-0.15, -0.1) is 12.4 Å². The van der Waals surface area contributed by atoms with Crippen LogP contribution >= 0.6 is 12.4 Å². The zero-order valence-corrected chi connectivity index (χ0v) is 21.0. The van der Waals surface area contributed by atoms with E-state index in [1.54, 1.807) is 16.4 Å². The maximum absolute atomic E-state index is 15.5. The number of anilines is 1. The number of benzene rings is 1. The van der Waals surface area contributed by atoms with E-state index in [-0.39, 0.29) is 60.4 Å². The lowest BCUT2D eigenvalue weighted by Gasteiger charge is -2.33. The molecule has 196 valence electrons. The Kier molecular flexibility index (Phi) is 8.40. The number of allylic oxidation sites excluding steroid dienone is 1. The number of methoxy groups -OCH3 is 1. The average molecular weight is 526 g/mol. The van der Waals surface area contributed by atoms with Crippen LogP contribution in [0.15, 0.2) is 28.5 Å². The summed E-state index contributed by atoms with van der Waals surface area (Å²) >= 11 is 0. The van der Waals surface area contributed by atoms with E-state index < -0.39 is 34.6 Å². The number of carbonyl (C=O) groups excluding carboxylic acids is 1. The lowest BCUT2D eigenvalue weighted by Crippen LogP contribution is -2.33. The summed E-state index contributed by atoms with van der Waals surface area (Å²) in [5.41, 5.74) is 5.27. The Hall–Kier alpha value is -2.98. The number of piperidine rings is 1. The van der Waals surface area contributed by atoms with E-state index in [1.807, 2.05) is 0 Å². The Morgan fingerprint density at radius 3 is 2.58 bits per heavy atom. The van der Waals surface area contributed by atoms with Crippen molar-refractivity contribution in [3.05, 3.63) is 45.3 Å². The van der Waals surface area contributed by atoms with Crippen molar-refractivity contribution in [3.63, 3.8) is 0 Å². The van der Waals surface area contributed by atoms with E-state index >= 15 is 4.39 Å². The Labute approximate surface area is 213 Å². The number of ketones is 1. The molecule has 2 aliphatic rings. The zero-order valence-electron chi connectivity index (χ0n) is 20.2. The summed E-state index contributed by atoms with van der Waals surface area (Å²) in [6.45, 7) is 2.11. The van der Waals surface area contributed by atoms with Crippen LogP contribution in [-0.2, 0) is 4.79 Å². The standard InChI is InChI=1S/C25H29F2N3O5.ClH/c1-13(28)20(31)8-7-18(26)14-4-3-9-29(11-14)22-19(27)10-16-21(24(22)35-2)30(15-5-6-15)12-17(23(16)32)25(33)34;/h10,12-13,15H,3-9,11,28H2,1-2H3,(H,33,34);1H/b18-14+;/t13-;/m0./s1. The molecule has 1 atom stereocenters. The van der Waals surface area contributed by atoms with Crippen LogP contribution in [0.3, 0.4) is 0 Å². The first-order valence-electron chi connectivity index (χ1n) is 11.7. The van der Waals surface area contributed by atoms with Crippen molar-refractivity contribution >= 4 is 40.7 Å². The molecule has 0 amide bonds. The number of nitrogens with zero attached hydrogens (tertiary/aromatic N) is 2. The molecule has 2 fully saturated rings. The Morgan fingerprint density at radius 1 is 1.31 bits per heavy atom. The van der Waals surface area contributed by atoms with Crippen LogP contribution in [0.4, 0.5) is 14.5 Å². The molecule has 1 aliphatic heterocycles. The van der Waals surface area contributed by atoms with E-state index in [1.165, 1.54) is 13.3 Å². The third kappa shape index (κ3) is 5.24. The molecule has 1 aromatic heterocycles. The number of carboxylic acids is 1. The van der Waals surface area contributed by atoms with Crippen LogP contribution in [0.2, 0.25) is 0 Å². The highest BCUT2D eigenvalue weighted by Gasteiger charge is 2.32. The van der Waals surface area contributed by atoms with E-state index in [0.29, 0.717) is 30.5 Å². The smallest absolute Gasteiger partial charge is 0.341 e. The quantitative estimate of drug-likeness (QED) is 0.532. The summed E-state index contributed by atoms with van der Waals surface area (Å²) in [6.07, 6.45) is 3.90. The van der Waals surface area contributed by atoms with Crippen molar-refractivity contribution in [1.82, 2.24) is 4.57 Å². The third-order valence-corrected chi connectivity index (χ3v) is 6.66. The topological polar surface area (TPSA) is 115 Å². The number of ether oxygens (including phenoxy) is 1. The van der Waals surface area contributed by atoms with Crippen molar-refractivity contribution in [2.24, 2.45) is 5.73 Å². The number of fused-ring (bicyclic) bond motifs is 1. The van der Waals surface area contributed by atoms with Gasteiger partial charge in [0.25, 0.3) is 0 Å². The normalized spacial score (nSPS) is 18.0. The largest absolute Gasteiger partial charge is 0.492 e. The van der Waals surface area contributed by atoms with Gasteiger partial charge in [-0.2, -0.15) is 0 Å². The molecule has 0 radical (unpaired) electrons. The average Bonchev–Trinajstić information content (AvgIpc) is 3.67. The van der Waals surface area contributed by atoms with Crippen LogP contribution in [-0.4, -0.2) is 47.7 Å². The van der Waals surface area contributed by atoms with E-state index in [0.717, 1.165) is 18.9 Å². The molecule has 36 heavy (non-hydrogen) atoms. The van der Waals surface area contributed by atoms with Crippen molar-refractivity contribution in [2.75, 3.05) is 25.1 Å². The monoisotopic (exact) mass is 525 g/mol. The van der Waals surface area contributed by atoms with Crippen molar-refractivity contribution < 1.29 is 28.2 Å². The fourth-order valence-electron chi connectivity index (χ4n) is 4.65. The van der Waals surface area contributed by atoms with Gasteiger partial charge >= 0.3 is 5.97 Å². The van der Waals surface area contributed by atoms with Gasteiger partial charge in [0, 0.05) is 38.2 Å². The van der Waals surface area contributed by atoms with Gasteiger partial charge in [0.1, 0.15) is 22.9 Å². The van der Waals surface area contributed by atoms with Gasteiger partial charge in [-0.3, -0.25) is 9.59 Å². The van der Waals surface area contributed by atoms with Crippen molar-refractivity contribution in [3.8, 4) is 5.75 Å². The van der Waals surface area contributed by atoms with Gasteiger partial charge in [0.05, 0.1) is 24.1 Å². The molecule has 11 heteroatoms. The molecule has 1 saturated carbocycles. The number of carbonyl (C=O) groups is 2. The number of aromatic carboxylic acids is 1. The number of rotatable bonds is 8. The second-order valence-corrected chi connectivity index (χ2v) is 9.24. The predicted octanol–water partition coefficient (Wildman–Crippen LogP) is 4.12. The fourth-order valence-corrected chi connectivity index (χ4v) is 4.65. The van der Waals surface area contributed by atoms with Crippen LogP contribution in [0.1, 0.15) is 61.8 Å². The van der Waals surface area contributed by atoms with Gasteiger partial charge in [-0.25, -0.2) is 13.6 Å². The molecule has 1 aliphatic carbocycles. The molecule has 2 heterocycles. The summed E-state index contributed by atoms with van der Waals surface area (Å²) < 4.78 is 37.7. The second kappa shape index (κ2) is 11.0. The minimum atomic E-state index is -1.38. The zero-order chi connectivity index (χ0) is 25.4. The number of hydrogen-bond acceptors (Lipinski definition) is 6. The van der Waals surface area contributed by atoms with Gasteiger partial charge in [-0.1, -0.05) is 0 Å². The Morgan fingerprint density at radius 2 is 2.00 bits per heavy atom. The third-order valence-electron chi connectivity index (χ3n) is 6.66. The van der Waals surface area contributed by atoms with Crippen LogP contribution in [0.5, 0.6) is 5.75 Å². The molecule has 4 rings (SSSR count). The van der Waals surface area contributed by atoms with Crippen molar-refractivity contribution in [1.29, 1.82) is 0 Å². The highest BCUT2D eigenvalue weighted by molar-refractivity contribution is 5.97. The maximum Gasteiger partial charge on any atom is 0.341 e. The second-order valence-electron chi connectivity index (χ2n) is 9.24. The number of aromatic nitrogens is 1. The summed E-state index contributed by atoms with van der Waals surface area (Å²) in [6, 6.07) is 0.383. The number of carboxylic acid groups (broad SMARTS) is 1. The van der Waals surface area contributed by atoms with Crippen LogP contribution < -0.4 is 20.8 Å².